The molecule has 1 N–H and O–H groups in total. The van der Waals surface area contributed by atoms with Gasteiger partial charge in [-0.2, -0.15) is 0 Å². The smallest absolute Gasteiger partial charge is 0.224 e. The summed E-state index contributed by atoms with van der Waals surface area (Å²) in [7, 11) is 0. The summed E-state index contributed by atoms with van der Waals surface area (Å²) in [5, 5.41) is 7.49. The predicted molar refractivity (Wildman–Crippen MR) is 83.0 cm³/mol. The van der Waals surface area contributed by atoms with E-state index in [-0.39, 0.29) is 5.91 Å². The summed E-state index contributed by atoms with van der Waals surface area (Å²) < 4.78 is 0. The highest BCUT2D eigenvalue weighted by Crippen LogP contribution is 2.24. The number of para-hydroxylation sites is 1. The van der Waals surface area contributed by atoms with Gasteiger partial charge in [-0.3, -0.25) is 4.79 Å². The topological polar surface area (TPSA) is 43.2 Å². The highest BCUT2D eigenvalue weighted by Gasteiger charge is 2.16. The second-order valence-corrected chi connectivity index (χ2v) is 5.97. The van der Waals surface area contributed by atoms with Crippen LogP contribution in [-0.2, 0) is 4.79 Å². The van der Waals surface area contributed by atoms with Crippen molar-refractivity contribution < 1.29 is 4.79 Å². The molecule has 3 heteroatoms. The van der Waals surface area contributed by atoms with Crippen molar-refractivity contribution in [3.63, 3.8) is 0 Å². The molecule has 1 aliphatic rings. The molecular weight excluding hydrogens is 248 g/mol. The first kappa shape index (κ1) is 15.0. The van der Waals surface area contributed by atoms with Crippen molar-refractivity contribution in [2.75, 3.05) is 18.4 Å². The molecule has 2 rings (SSSR count). The van der Waals surface area contributed by atoms with Crippen LogP contribution in [0.5, 0.6) is 0 Å². The summed E-state index contributed by atoms with van der Waals surface area (Å²) in [6.45, 7) is 6.24. The maximum atomic E-state index is 12.1. The van der Waals surface area contributed by atoms with Crippen LogP contribution in [0.1, 0.15) is 51.0 Å². The normalized spacial score (nSPS) is 19.1. The highest BCUT2D eigenvalue weighted by molar-refractivity contribution is 5.91. The fraction of sp³-hybridized carbons (Fsp3) is 0.588. The van der Waals surface area contributed by atoms with Gasteiger partial charge in [0.05, 0.1) is 0 Å². The van der Waals surface area contributed by atoms with Gasteiger partial charge >= 0.3 is 0 Å². The lowest BCUT2D eigenvalue weighted by atomic mass is 9.94. The van der Waals surface area contributed by atoms with E-state index in [1.807, 2.05) is 18.2 Å². The second-order valence-electron chi connectivity index (χ2n) is 5.97. The average molecular weight is 273 g/mol. The molecule has 0 spiro atoms. The summed E-state index contributed by atoms with van der Waals surface area (Å²) in [5.41, 5.74) is 2.16. The average Bonchev–Trinajstić information content (AvgIpc) is 2.46. The molecule has 1 amide bonds. The maximum absolute atomic E-state index is 12.1. The summed E-state index contributed by atoms with van der Waals surface area (Å²) in [4.78, 5) is 12.1. The minimum atomic E-state index is 0.128. The minimum Gasteiger partial charge on any atom is -0.326 e. The third-order valence-corrected chi connectivity index (χ3v) is 3.95. The molecule has 1 radical (unpaired) electrons. The van der Waals surface area contributed by atoms with Gasteiger partial charge in [0, 0.05) is 25.2 Å². The lowest BCUT2D eigenvalue weighted by Crippen LogP contribution is -2.25. The van der Waals surface area contributed by atoms with Gasteiger partial charge in [-0.25, -0.2) is 5.32 Å². The van der Waals surface area contributed by atoms with E-state index in [4.69, 9.17) is 0 Å². The van der Waals surface area contributed by atoms with Crippen molar-refractivity contribution in [1.29, 1.82) is 0 Å². The Hall–Kier alpha value is -1.35. The number of carbonyl (C=O) groups is 1. The van der Waals surface area contributed by atoms with Gasteiger partial charge in [0.25, 0.3) is 0 Å². The first-order valence-electron chi connectivity index (χ1n) is 7.69. The van der Waals surface area contributed by atoms with Crippen LogP contribution >= 0.6 is 0 Å². The zero-order chi connectivity index (χ0) is 14.4. The molecular formula is C17H25N2O. The highest BCUT2D eigenvalue weighted by atomic mass is 16.1. The lowest BCUT2D eigenvalue weighted by Gasteiger charge is -2.21. The van der Waals surface area contributed by atoms with Gasteiger partial charge in [-0.05, 0) is 42.7 Å². The van der Waals surface area contributed by atoms with Crippen molar-refractivity contribution in [2.24, 2.45) is 5.92 Å². The Morgan fingerprint density at radius 3 is 2.90 bits per heavy atom. The third-order valence-electron chi connectivity index (χ3n) is 3.95. The number of carbonyl (C=O) groups excluding carboxylic acids is 1. The third kappa shape index (κ3) is 4.34. The molecule has 1 atom stereocenters. The van der Waals surface area contributed by atoms with Crippen molar-refractivity contribution >= 4 is 11.6 Å². The maximum Gasteiger partial charge on any atom is 0.224 e. The van der Waals surface area contributed by atoms with Gasteiger partial charge in [-0.1, -0.05) is 32.0 Å². The summed E-state index contributed by atoms with van der Waals surface area (Å²) in [6.07, 6.45) is 3.97. The molecule has 1 unspecified atom stereocenters. The standard InChI is InChI=1S/C17H25N2O/c1-13(2)15-7-3-4-8-16(15)19-17(20)10-9-14-6-5-11-18-12-14/h3-4,7-8,13-14H,5-6,9-12H2,1-2H3,(H,19,20). The lowest BCUT2D eigenvalue weighted by molar-refractivity contribution is -0.116. The van der Waals surface area contributed by atoms with E-state index in [2.05, 4.69) is 30.5 Å². The van der Waals surface area contributed by atoms with E-state index in [1.54, 1.807) is 0 Å². The van der Waals surface area contributed by atoms with Crippen molar-refractivity contribution in [3.05, 3.63) is 29.8 Å². The Balaban J connectivity index is 1.85. The van der Waals surface area contributed by atoms with Crippen LogP contribution in [-0.4, -0.2) is 19.0 Å². The van der Waals surface area contributed by atoms with Crippen molar-refractivity contribution in [1.82, 2.24) is 5.32 Å². The Morgan fingerprint density at radius 2 is 2.20 bits per heavy atom. The van der Waals surface area contributed by atoms with Gasteiger partial charge in [0.15, 0.2) is 0 Å². The molecule has 20 heavy (non-hydrogen) atoms. The molecule has 1 aliphatic heterocycles. The van der Waals surface area contributed by atoms with Gasteiger partial charge in [0.1, 0.15) is 0 Å². The number of hydrogen-bond donors (Lipinski definition) is 1. The zero-order valence-electron chi connectivity index (χ0n) is 12.6. The molecule has 1 aromatic carbocycles. The van der Waals surface area contributed by atoms with E-state index in [1.165, 1.54) is 18.4 Å². The van der Waals surface area contributed by atoms with Crippen molar-refractivity contribution in [2.45, 2.75) is 45.4 Å². The Labute approximate surface area is 122 Å². The van der Waals surface area contributed by atoms with Gasteiger partial charge in [0.2, 0.25) is 5.91 Å². The van der Waals surface area contributed by atoms with E-state index in [0.717, 1.165) is 25.2 Å². The first-order chi connectivity index (χ1) is 9.66. The number of nitrogens with zero attached hydrogens (tertiary/aromatic N) is 1. The molecule has 1 saturated heterocycles. The van der Waals surface area contributed by atoms with Gasteiger partial charge in [-0.15, -0.1) is 0 Å². The number of piperidine rings is 1. The molecule has 0 bridgehead atoms. The fourth-order valence-electron chi connectivity index (χ4n) is 2.75. The molecule has 1 heterocycles. The second kappa shape index (κ2) is 7.44. The number of hydrogen-bond acceptors (Lipinski definition) is 1. The van der Waals surface area contributed by atoms with Crippen LogP contribution in [0.15, 0.2) is 24.3 Å². The molecule has 3 nitrogen and oxygen atoms in total. The summed E-state index contributed by atoms with van der Waals surface area (Å²) in [5.74, 6) is 1.15. The van der Waals surface area contributed by atoms with Crippen LogP contribution in [0.25, 0.3) is 0 Å². The summed E-state index contributed by atoms with van der Waals surface area (Å²) in [6, 6.07) is 8.07. The molecule has 1 fully saturated rings. The number of anilines is 1. The molecule has 109 valence electrons. The van der Waals surface area contributed by atoms with E-state index in [0.29, 0.717) is 18.3 Å². The number of rotatable bonds is 5. The Morgan fingerprint density at radius 1 is 1.40 bits per heavy atom. The molecule has 0 aromatic heterocycles. The molecule has 0 saturated carbocycles. The van der Waals surface area contributed by atoms with Crippen LogP contribution in [0.2, 0.25) is 0 Å². The first-order valence-corrected chi connectivity index (χ1v) is 7.69. The predicted octanol–water partition coefficient (Wildman–Crippen LogP) is 3.54. The SMILES string of the molecule is CC(C)c1ccccc1NC(=O)CCC1CCC[N]C1. The summed E-state index contributed by atoms with van der Waals surface area (Å²) >= 11 is 0. The van der Waals surface area contributed by atoms with Crippen LogP contribution in [0.3, 0.4) is 0 Å². The van der Waals surface area contributed by atoms with E-state index >= 15 is 0 Å². The number of nitrogens with one attached hydrogen (secondary N) is 1. The quantitative estimate of drug-likeness (QED) is 0.876. The van der Waals surface area contributed by atoms with Crippen LogP contribution in [0.4, 0.5) is 5.69 Å². The molecule has 0 aliphatic carbocycles. The van der Waals surface area contributed by atoms with E-state index in [9.17, 15) is 4.79 Å². The zero-order valence-corrected chi connectivity index (χ0v) is 12.6. The van der Waals surface area contributed by atoms with Crippen molar-refractivity contribution in [3.8, 4) is 0 Å². The van der Waals surface area contributed by atoms with Gasteiger partial charge < -0.3 is 5.32 Å². The fourth-order valence-corrected chi connectivity index (χ4v) is 2.75. The molecule has 1 aromatic rings. The minimum absolute atomic E-state index is 0.128. The number of amides is 1. The Kier molecular flexibility index (Phi) is 5.60. The number of benzene rings is 1. The monoisotopic (exact) mass is 273 g/mol. The van der Waals surface area contributed by atoms with Crippen LogP contribution in [0, 0.1) is 5.92 Å². The largest absolute Gasteiger partial charge is 0.326 e. The van der Waals surface area contributed by atoms with E-state index < -0.39 is 0 Å². The Bertz CT molecular complexity index is 436. The van der Waals surface area contributed by atoms with Crippen LogP contribution < -0.4 is 10.6 Å².